The first kappa shape index (κ1) is 13.4. The predicted octanol–water partition coefficient (Wildman–Crippen LogP) is -0.439. The molecule has 1 aliphatic heterocycles. The van der Waals surface area contributed by atoms with Crippen LogP contribution >= 0.6 is 0 Å². The Morgan fingerprint density at radius 3 is 2.81 bits per heavy atom. The molecule has 1 amide bonds. The highest BCUT2D eigenvalue weighted by Crippen LogP contribution is 2.14. The minimum Gasteiger partial charge on any atom is -0.380 e. The second kappa shape index (κ2) is 5.61. The van der Waals surface area contributed by atoms with Crippen LogP contribution in [-0.4, -0.2) is 55.7 Å². The lowest BCUT2D eigenvalue weighted by Gasteiger charge is -2.34. The quantitative estimate of drug-likeness (QED) is 0.648. The van der Waals surface area contributed by atoms with Gasteiger partial charge in [-0.2, -0.15) is 0 Å². The summed E-state index contributed by atoms with van der Waals surface area (Å²) < 4.78 is 5.33. The zero-order valence-electron chi connectivity index (χ0n) is 10.5. The van der Waals surface area contributed by atoms with Crippen molar-refractivity contribution in [3.05, 3.63) is 0 Å². The molecule has 5 heteroatoms. The second-order valence-corrected chi connectivity index (χ2v) is 4.66. The standard InChI is InChI=1S/C11H23N3O2/c1-4-13-11(2,10(12)15)8-14(3)9-5-6-16-7-9/h9,13H,4-8H2,1-3H3,(H2,12,15). The highest BCUT2D eigenvalue weighted by Gasteiger charge is 2.34. The molecule has 0 saturated carbocycles. The fraction of sp³-hybridized carbons (Fsp3) is 0.909. The lowest BCUT2D eigenvalue weighted by molar-refractivity contribution is -0.124. The topological polar surface area (TPSA) is 67.6 Å². The molecule has 1 fully saturated rings. The summed E-state index contributed by atoms with van der Waals surface area (Å²) in [6, 6.07) is 0.400. The van der Waals surface area contributed by atoms with Crippen molar-refractivity contribution < 1.29 is 9.53 Å². The third-order valence-electron chi connectivity index (χ3n) is 3.21. The zero-order valence-corrected chi connectivity index (χ0v) is 10.5. The molecule has 2 atom stereocenters. The van der Waals surface area contributed by atoms with Gasteiger partial charge in [-0.3, -0.25) is 9.69 Å². The van der Waals surface area contributed by atoms with Gasteiger partial charge in [-0.05, 0) is 26.9 Å². The van der Waals surface area contributed by atoms with E-state index in [1.807, 2.05) is 20.9 Å². The van der Waals surface area contributed by atoms with E-state index < -0.39 is 5.54 Å². The molecule has 0 aromatic carbocycles. The lowest BCUT2D eigenvalue weighted by atomic mass is 10.00. The monoisotopic (exact) mass is 229 g/mol. The number of rotatable bonds is 6. The molecule has 0 bridgehead atoms. The highest BCUT2D eigenvalue weighted by atomic mass is 16.5. The van der Waals surface area contributed by atoms with Gasteiger partial charge in [0.1, 0.15) is 5.54 Å². The molecule has 0 aromatic heterocycles. The van der Waals surface area contributed by atoms with E-state index in [1.165, 1.54) is 0 Å². The number of ether oxygens (including phenoxy) is 1. The van der Waals surface area contributed by atoms with Crippen LogP contribution in [0, 0.1) is 0 Å². The first-order valence-corrected chi connectivity index (χ1v) is 5.82. The normalized spacial score (nSPS) is 24.6. The van der Waals surface area contributed by atoms with Crippen LogP contribution in [0.1, 0.15) is 20.3 Å². The average Bonchev–Trinajstić information content (AvgIpc) is 2.70. The van der Waals surface area contributed by atoms with Crippen LogP contribution in [-0.2, 0) is 9.53 Å². The second-order valence-electron chi connectivity index (χ2n) is 4.66. The largest absolute Gasteiger partial charge is 0.380 e. The van der Waals surface area contributed by atoms with E-state index in [9.17, 15) is 4.79 Å². The average molecular weight is 229 g/mol. The first-order valence-electron chi connectivity index (χ1n) is 5.82. The summed E-state index contributed by atoms with van der Waals surface area (Å²) in [4.78, 5) is 13.6. The maximum absolute atomic E-state index is 11.5. The summed E-state index contributed by atoms with van der Waals surface area (Å²) in [5, 5.41) is 3.16. The van der Waals surface area contributed by atoms with Crippen molar-refractivity contribution in [2.75, 3.05) is 33.4 Å². The molecule has 0 radical (unpaired) electrons. The molecule has 1 saturated heterocycles. The van der Waals surface area contributed by atoms with E-state index in [4.69, 9.17) is 10.5 Å². The van der Waals surface area contributed by atoms with Gasteiger partial charge in [-0.25, -0.2) is 0 Å². The summed E-state index contributed by atoms with van der Waals surface area (Å²) in [6.07, 6.45) is 1.03. The van der Waals surface area contributed by atoms with Crippen molar-refractivity contribution >= 4 is 5.91 Å². The van der Waals surface area contributed by atoms with Crippen LogP contribution in [0.5, 0.6) is 0 Å². The van der Waals surface area contributed by atoms with E-state index in [0.29, 0.717) is 12.6 Å². The Labute approximate surface area is 97.3 Å². The van der Waals surface area contributed by atoms with Gasteiger partial charge in [-0.1, -0.05) is 6.92 Å². The van der Waals surface area contributed by atoms with Gasteiger partial charge in [0.05, 0.1) is 6.61 Å². The summed E-state index contributed by atoms with van der Waals surface area (Å²) in [5.74, 6) is -0.305. The predicted molar refractivity (Wildman–Crippen MR) is 63.1 cm³/mol. The van der Waals surface area contributed by atoms with Crippen LogP contribution in [0.2, 0.25) is 0 Å². The summed E-state index contributed by atoms with van der Waals surface area (Å²) in [5.41, 5.74) is 4.78. The van der Waals surface area contributed by atoms with Gasteiger partial charge in [0.25, 0.3) is 0 Å². The number of hydrogen-bond donors (Lipinski definition) is 2. The first-order chi connectivity index (χ1) is 7.49. The molecule has 0 aromatic rings. The molecular weight excluding hydrogens is 206 g/mol. The van der Waals surface area contributed by atoms with Crippen molar-refractivity contribution in [3.63, 3.8) is 0 Å². The summed E-state index contributed by atoms with van der Waals surface area (Å²) in [7, 11) is 2.01. The minimum absolute atomic E-state index is 0.305. The minimum atomic E-state index is -0.661. The fourth-order valence-electron chi connectivity index (χ4n) is 2.11. The number of amides is 1. The van der Waals surface area contributed by atoms with Crippen LogP contribution in [0.25, 0.3) is 0 Å². The van der Waals surface area contributed by atoms with Crippen molar-refractivity contribution in [3.8, 4) is 0 Å². The molecule has 0 spiro atoms. The van der Waals surface area contributed by atoms with Crippen molar-refractivity contribution in [2.45, 2.75) is 31.8 Å². The Bertz CT molecular complexity index is 241. The summed E-state index contributed by atoms with van der Waals surface area (Å²) in [6.45, 7) is 6.73. The number of nitrogens with zero attached hydrogens (tertiary/aromatic N) is 1. The van der Waals surface area contributed by atoms with E-state index in [1.54, 1.807) is 0 Å². The van der Waals surface area contributed by atoms with Crippen LogP contribution in [0.4, 0.5) is 0 Å². The molecule has 1 rings (SSSR count). The highest BCUT2D eigenvalue weighted by molar-refractivity contribution is 5.84. The lowest BCUT2D eigenvalue weighted by Crippen LogP contribution is -2.60. The number of carbonyl (C=O) groups is 1. The van der Waals surface area contributed by atoms with Crippen LogP contribution in [0.3, 0.4) is 0 Å². The number of primary amides is 1. The van der Waals surface area contributed by atoms with Gasteiger partial charge >= 0.3 is 0 Å². The maximum atomic E-state index is 11.5. The third-order valence-corrected chi connectivity index (χ3v) is 3.21. The fourth-order valence-corrected chi connectivity index (χ4v) is 2.11. The molecular formula is C11H23N3O2. The third kappa shape index (κ3) is 3.17. The Balaban J connectivity index is 2.56. The van der Waals surface area contributed by atoms with Crippen LogP contribution < -0.4 is 11.1 Å². The van der Waals surface area contributed by atoms with Crippen LogP contribution in [0.15, 0.2) is 0 Å². The maximum Gasteiger partial charge on any atom is 0.238 e. The van der Waals surface area contributed by atoms with Gasteiger partial charge < -0.3 is 15.8 Å². The molecule has 0 aliphatic carbocycles. The van der Waals surface area contributed by atoms with Gasteiger partial charge in [0.2, 0.25) is 5.91 Å². The Morgan fingerprint density at radius 2 is 2.38 bits per heavy atom. The van der Waals surface area contributed by atoms with Crippen molar-refractivity contribution in [2.24, 2.45) is 5.73 Å². The number of nitrogens with one attached hydrogen (secondary N) is 1. The van der Waals surface area contributed by atoms with E-state index in [0.717, 1.165) is 26.2 Å². The SMILES string of the molecule is CCNC(C)(CN(C)C1CCOC1)C(N)=O. The molecule has 2 unspecified atom stereocenters. The van der Waals surface area contributed by atoms with Crippen molar-refractivity contribution in [1.29, 1.82) is 0 Å². The Hall–Kier alpha value is -0.650. The van der Waals surface area contributed by atoms with Gasteiger partial charge in [0, 0.05) is 19.2 Å². The van der Waals surface area contributed by atoms with E-state index >= 15 is 0 Å². The Kier molecular flexibility index (Phi) is 4.70. The summed E-state index contributed by atoms with van der Waals surface area (Å²) >= 11 is 0. The number of likely N-dealkylation sites (N-methyl/N-ethyl adjacent to an activating group) is 2. The van der Waals surface area contributed by atoms with E-state index in [2.05, 4.69) is 10.2 Å². The molecule has 3 N–H and O–H groups in total. The molecule has 16 heavy (non-hydrogen) atoms. The van der Waals surface area contributed by atoms with Gasteiger partial charge in [-0.15, -0.1) is 0 Å². The number of nitrogens with two attached hydrogens (primary N) is 1. The van der Waals surface area contributed by atoms with Gasteiger partial charge in [0.15, 0.2) is 0 Å². The van der Waals surface area contributed by atoms with Crippen molar-refractivity contribution in [1.82, 2.24) is 10.2 Å². The molecule has 94 valence electrons. The molecule has 1 aliphatic rings. The molecule has 5 nitrogen and oxygen atoms in total. The van der Waals surface area contributed by atoms with E-state index in [-0.39, 0.29) is 5.91 Å². The smallest absolute Gasteiger partial charge is 0.238 e. The number of hydrogen-bond acceptors (Lipinski definition) is 4. The zero-order chi connectivity index (χ0) is 12.2. The molecule has 1 heterocycles. The Morgan fingerprint density at radius 1 is 1.69 bits per heavy atom. The number of carbonyl (C=O) groups excluding carboxylic acids is 1.